The van der Waals surface area contributed by atoms with Gasteiger partial charge in [-0.3, -0.25) is 4.79 Å². The molecule has 5 rings (SSSR count). The zero-order valence-corrected chi connectivity index (χ0v) is 41.0. The molecule has 5 aliphatic rings. The number of aliphatic hydroxyl groups is 1. The van der Waals surface area contributed by atoms with Gasteiger partial charge in [-0.15, -0.1) is 5.92 Å². The fourth-order valence-electron chi connectivity index (χ4n) is 10.6. The van der Waals surface area contributed by atoms with E-state index in [0.717, 1.165) is 51.4 Å². The van der Waals surface area contributed by atoms with Gasteiger partial charge in [0.15, 0.2) is 0 Å². The standard InChI is InChI=1S/C44H74O7.W.Y/c1-13-35(26-28(5)31(8)32(9)39-27(4)17-18-37(48-39)36(14-2)33(10)45)40-29(6)25-30(7)44(49-40)21-16-20-43(51-44)24-23-41(12,50-43)38-19-22-42(46,15-3)34(11)47-38;;/h16,20-21,26-32,34-40,46H,13-15,17-19,22-25H2,1-12H3;;/q-2;;/t27-,28+,29-,30+,31?,32-,34-,35-,36?,37+,38+,39?,40-,41-,42+,43+,44-;;/m0../s1. The van der Waals surface area contributed by atoms with Crippen LogP contribution in [0.1, 0.15) is 147 Å². The zero-order valence-electron chi connectivity index (χ0n) is 35.3. The van der Waals surface area contributed by atoms with E-state index in [1.165, 1.54) is 0 Å². The van der Waals surface area contributed by atoms with Gasteiger partial charge in [-0.1, -0.05) is 74.7 Å². The summed E-state index contributed by atoms with van der Waals surface area (Å²) in [5.74, 6) is 0.976. The minimum atomic E-state index is -0.871. The molecule has 3 unspecified atom stereocenters. The van der Waals surface area contributed by atoms with Crippen LogP contribution < -0.4 is 0 Å². The molecule has 7 nitrogen and oxygen atoms in total. The Morgan fingerprint density at radius 2 is 1.64 bits per heavy atom. The Balaban J connectivity index is 0.00000378. The van der Waals surface area contributed by atoms with E-state index in [-0.39, 0.29) is 108 Å². The Labute approximate surface area is 363 Å². The number of ketones is 1. The molecule has 53 heavy (non-hydrogen) atoms. The smallest absolute Gasteiger partial charge is 0.135 e. The molecule has 5 aliphatic heterocycles. The summed E-state index contributed by atoms with van der Waals surface area (Å²) in [6, 6.07) is 0. The molecule has 2 spiro atoms. The summed E-state index contributed by atoms with van der Waals surface area (Å²) >= 11 is 0. The maximum absolute atomic E-state index is 12.4. The fraction of sp³-hybridized carbons (Fsp3) is 0.886. The number of rotatable bonds is 12. The van der Waals surface area contributed by atoms with E-state index in [1.807, 2.05) is 13.8 Å². The van der Waals surface area contributed by atoms with Crippen molar-refractivity contribution in [1.29, 1.82) is 0 Å². The molecule has 0 amide bonds. The van der Waals surface area contributed by atoms with Crippen LogP contribution in [0.3, 0.4) is 0 Å². The summed E-state index contributed by atoms with van der Waals surface area (Å²) in [5, 5.41) is 11.0. The van der Waals surface area contributed by atoms with Crippen molar-refractivity contribution in [2.45, 2.75) is 201 Å². The number of ether oxygens (including phenoxy) is 5. The van der Waals surface area contributed by atoms with Crippen molar-refractivity contribution in [2.24, 2.45) is 47.3 Å². The summed E-state index contributed by atoms with van der Waals surface area (Å²) in [7, 11) is 0. The van der Waals surface area contributed by atoms with Gasteiger partial charge in [-0.05, 0) is 102 Å². The number of hydrogen-bond acceptors (Lipinski definition) is 7. The van der Waals surface area contributed by atoms with Crippen LogP contribution in [0.5, 0.6) is 0 Å². The molecule has 1 radical (unpaired) electrons. The van der Waals surface area contributed by atoms with Crippen LogP contribution in [-0.4, -0.2) is 64.2 Å². The van der Waals surface area contributed by atoms with E-state index in [9.17, 15) is 9.90 Å². The van der Waals surface area contributed by atoms with Crippen molar-refractivity contribution in [2.75, 3.05) is 0 Å². The molecular formula is C44H74O7WY-2. The van der Waals surface area contributed by atoms with Gasteiger partial charge in [0.25, 0.3) is 0 Å². The van der Waals surface area contributed by atoms with Crippen LogP contribution in [0.25, 0.3) is 0 Å². The molecule has 0 bridgehead atoms. The summed E-state index contributed by atoms with van der Waals surface area (Å²) in [6.45, 7) is 26.3. The number of carbonyl (C=O) groups is 1. The summed E-state index contributed by atoms with van der Waals surface area (Å²) in [5.41, 5.74) is -1.29. The maximum Gasteiger partial charge on any atom is 0.135 e. The van der Waals surface area contributed by atoms with Crippen molar-refractivity contribution in [3.63, 3.8) is 0 Å². The predicted octanol–water partition coefficient (Wildman–Crippen LogP) is 9.44. The summed E-state index contributed by atoms with van der Waals surface area (Å²) in [6.07, 6.45) is 17.4. The molecule has 0 aromatic rings. The molecule has 303 valence electrons. The normalized spacial score (nSPS) is 44.2. The van der Waals surface area contributed by atoms with E-state index < -0.39 is 22.8 Å². The van der Waals surface area contributed by atoms with Gasteiger partial charge in [-0.25, -0.2) is 6.08 Å². The molecule has 17 atom stereocenters. The van der Waals surface area contributed by atoms with Gasteiger partial charge in [0.2, 0.25) is 0 Å². The van der Waals surface area contributed by atoms with Crippen LogP contribution in [0.4, 0.5) is 0 Å². The largest absolute Gasteiger partial charge is 0.387 e. The van der Waals surface area contributed by atoms with Gasteiger partial charge in [0.1, 0.15) is 17.4 Å². The Morgan fingerprint density at radius 1 is 0.943 bits per heavy atom. The Kier molecular flexibility index (Phi) is 17.5. The zero-order chi connectivity index (χ0) is 37.5. The van der Waals surface area contributed by atoms with Crippen molar-refractivity contribution >= 4 is 5.78 Å². The Hall–Kier alpha value is 0.832. The first-order valence-electron chi connectivity index (χ1n) is 21.0. The average molecular weight is 988 g/mol. The molecular weight excluding hydrogens is 913 g/mol. The van der Waals surface area contributed by atoms with E-state index in [2.05, 4.69) is 87.3 Å². The van der Waals surface area contributed by atoms with Crippen molar-refractivity contribution < 1.29 is 87.4 Å². The first kappa shape index (κ1) is 48.2. The van der Waals surface area contributed by atoms with Crippen LogP contribution >= 0.6 is 0 Å². The monoisotopic (exact) mass is 987 g/mol. The van der Waals surface area contributed by atoms with Gasteiger partial charge in [0, 0.05) is 65.8 Å². The second kappa shape index (κ2) is 19.3. The van der Waals surface area contributed by atoms with Crippen molar-refractivity contribution in [3.05, 3.63) is 25.0 Å². The molecule has 1 N–H and O–H groups in total. The third-order valence-corrected chi connectivity index (χ3v) is 14.8. The number of Topliss-reactive ketones (excluding diaryl/α,β-unsaturated/α-hetero) is 1. The molecule has 0 aromatic carbocycles. The fourth-order valence-corrected chi connectivity index (χ4v) is 10.6. The molecule has 0 aromatic heterocycles. The van der Waals surface area contributed by atoms with E-state index in [1.54, 1.807) is 6.92 Å². The molecule has 5 heterocycles. The van der Waals surface area contributed by atoms with Crippen LogP contribution in [0.15, 0.2) is 12.2 Å². The van der Waals surface area contributed by atoms with Crippen LogP contribution in [0.2, 0.25) is 0 Å². The van der Waals surface area contributed by atoms with Gasteiger partial charge < -0.3 is 35.2 Å². The van der Waals surface area contributed by atoms with Crippen LogP contribution in [-0.2, 0) is 82.3 Å². The first-order chi connectivity index (χ1) is 24.0. The molecule has 0 aliphatic carbocycles. The Morgan fingerprint density at radius 3 is 2.25 bits per heavy atom. The minimum absolute atomic E-state index is 0. The second-order valence-corrected chi connectivity index (χ2v) is 18.2. The van der Waals surface area contributed by atoms with Crippen molar-refractivity contribution in [3.8, 4) is 0 Å². The maximum atomic E-state index is 12.4. The van der Waals surface area contributed by atoms with E-state index in [4.69, 9.17) is 23.7 Å². The van der Waals surface area contributed by atoms with Gasteiger partial charge in [-0.2, -0.15) is 18.4 Å². The predicted molar refractivity (Wildman–Crippen MR) is 202 cm³/mol. The van der Waals surface area contributed by atoms with Gasteiger partial charge in [0.05, 0.1) is 35.6 Å². The average Bonchev–Trinajstić information content (AvgIpc) is 3.42. The first-order valence-corrected chi connectivity index (χ1v) is 21.0. The van der Waals surface area contributed by atoms with E-state index in [0.29, 0.717) is 42.4 Å². The summed E-state index contributed by atoms with van der Waals surface area (Å²) < 4.78 is 34.6. The van der Waals surface area contributed by atoms with Gasteiger partial charge >= 0.3 is 0 Å². The molecule has 4 saturated heterocycles. The molecule has 0 saturated carbocycles. The van der Waals surface area contributed by atoms with Crippen molar-refractivity contribution in [1.82, 2.24) is 0 Å². The number of carbonyl (C=O) groups excluding carboxylic acids is 1. The minimum Gasteiger partial charge on any atom is -0.387 e. The summed E-state index contributed by atoms with van der Waals surface area (Å²) in [4.78, 5) is 12.4. The molecule has 9 heteroatoms. The number of hydrogen-bond donors (Lipinski definition) is 1. The van der Waals surface area contributed by atoms with Crippen LogP contribution in [0, 0.1) is 60.2 Å². The third-order valence-electron chi connectivity index (χ3n) is 14.8. The molecule has 4 fully saturated rings. The quantitative estimate of drug-likeness (QED) is 0.195. The third kappa shape index (κ3) is 10.0. The van der Waals surface area contributed by atoms with E-state index >= 15 is 0 Å². The SMILES string of the molecule is CCC(C(C)=O)[C@H]1CC[C@H](C)C([C@@H](C)C(C)[C@H](C)[CH-][C@H](CC)[C@H]2O[C@]3(C=C[CH-][C@]4(CC[C@@](C)([C@H]5CC[C@](O)(CC)[C@H](C)O5)O4)O3)[C@H](C)C[C@@H]2C)O1.[W].[Y]. The second-order valence-electron chi connectivity index (χ2n) is 18.2. The Bertz CT molecular complexity index is 1220. The topological polar surface area (TPSA) is 83.5 Å².